The minimum absolute atomic E-state index is 0.129. The van der Waals surface area contributed by atoms with Crippen molar-refractivity contribution in [3.8, 4) is 11.1 Å². The maximum absolute atomic E-state index is 11.6. The van der Waals surface area contributed by atoms with E-state index < -0.39 is 0 Å². The van der Waals surface area contributed by atoms with Crippen molar-refractivity contribution < 1.29 is 4.79 Å². The lowest BCUT2D eigenvalue weighted by Gasteiger charge is -2.09. The number of Topliss-reactive ketones (excluding diaryl/α,β-unsaturated/α-hetero) is 1. The van der Waals surface area contributed by atoms with Gasteiger partial charge in [-0.1, -0.05) is 48.5 Å². The first kappa shape index (κ1) is 11.2. The Labute approximate surface area is 107 Å². The van der Waals surface area contributed by atoms with Crippen LogP contribution in [0.4, 0.5) is 0 Å². The second kappa shape index (κ2) is 4.41. The number of rotatable bonds is 2. The molecule has 0 saturated heterocycles. The van der Waals surface area contributed by atoms with E-state index in [2.05, 4.69) is 42.5 Å². The molecule has 0 aromatic heterocycles. The number of carbonyl (C=O) groups is 1. The molecule has 0 amide bonds. The van der Waals surface area contributed by atoms with Crippen molar-refractivity contribution in [1.29, 1.82) is 0 Å². The fraction of sp³-hybridized carbons (Fsp3) is 0.235. The molecule has 0 unspecified atom stereocenters. The molecular weight excluding hydrogens is 220 g/mol. The molecular formula is C17H16O. The molecule has 0 N–H and O–H groups in total. The first-order valence-electron chi connectivity index (χ1n) is 6.44. The third-order valence-corrected chi connectivity index (χ3v) is 3.82. The van der Waals surface area contributed by atoms with Crippen LogP contribution >= 0.6 is 0 Å². The second-order valence-electron chi connectivity index (χ2n) is 4.98. The van der Waals surface area contributed by atoms with Crippen LogP contribution in [-0.4, -0.2) is 5.78 Å². The van der Waals surface area contributed by atoms with Gasteiger partial charge in [0.05, 0.1) is 0 Å². The third kappa shape index (κ3) is 1.86. The highest BCUT2D eigenvalue weighted by Gasteiger charge is 2.25. The van der Waals surface area contributed by atoms with Crippen molar-refractivity contribution in [3.05, 3.63) is 59.7 Å². The average molecular weight is 236 g/mol. The van der Waals surface area contributed by atoms with Crippen molar-refractivity contribution in [2.45, 2.75) is 25.7 Å². The smallest absolute Gasteiger partial charge is 0.137 e. The van der Waals surface area contributed by atoms with Gasteiger partial charge in [0, 0.05) is 5.92 Å². The summed E-state index contributed by atoms with van der Waals surface area (Å²) in [5.74, 6) is 0.422. The highest BCUT2D eigenvalue weighted by molar-refractivity contribution is 5.85. The predicted octanol–water partition coefficient (Wildman–Crippen LogP) is 3.97. The number of hydrogen-bond donors (Lipinski definition) is 0. The lowest BCUT2D eigenvalue weighted by Crippen LogP contribution is -2.04. The molecule has 1 aliphatic carbocycles. The van der Waals surface area contributed by atoms with Crippen LogP contribution in [0.25, 0.3) is 11.1 Å². The number of carbonyl (C=O) groups excluding carboxylic acids is 1. The SMILES string of the molecule is CC(=O)[C@H]1CCc2cc(-c3ccccc3)ccc21. The van der Waals surface area contributed by atoms with Gasteiger partial charge in [-0.15, -0.1) is 0 Å². The zero-order valence-corrected chi connectivity index (χ0v) is 10.5. The molecule has 0 heterocycles. The summed E-state index contributed by atoms with van der Waals surface area (Å²) < 4.78 is 0. The van der Waals surface area contributed by atoms with E-state index in [1.807, 2.05) is 6.07 Å². The summed E-state index contributed by atoms with van der Waals surface area (Å²) in [7, 11) is 0. The Balaban J connectivity index is 2.01. The molecule has 0 spiro atoms. The van der Waals surface area contributed by atoms with Gasteiger partial charge < -0.3 is 0 Å². The van der Waals surface area contributed by atoms with Gasteiger partial charge in [-0.3, -0.25) is 4.79 Å². The molecule has 0 aliphatic heterocycles. The summed E-state index contributed by atoms with van der Waals surface area (Å²) in [5, 5.41) is 0. The van der Waals surface area contributed by atoms with E-state index in [1.54, 1.807) is 6.92 Å². The molecule has 18 heavy (non-hydrogen) atoms. The van der Waals surface area contributed by atoms with Gasteiger partial charge in [0.2, 0.25) is 0 Å². The molecule has 0 saturated carbocycles. The highest BCUT2D eigenvalue weighted by Crippen LogP contribution is 2.36. The van der Waals surface area contributed by atoms with Crippen LogP contribution in [0, 0.1) is 0 Å². The van der Waals surface area contributed by atoms with E-state index in [4.69, 9.17) is 0 Å². The van der Waals surface area contributed by atoms with E-state index in [0.29, 0.717) is 5.78 Å². The first-order valence-corrected chi connectivity index (χ1v) is 6.44. The Morgan fingerprint density at radius 1 is 1.06 bits per heavy atom. The quantitative estimate of drug-likeness (QED) is 0.771. The second-order valence-corrected chi connectivity index (χ2v) is 4.98. The van der Waals surface area contributed by atoms with Crippen molar-refractivity contribution in [1.82, 2.24) is 0 Å². The maximum Gasteiger partial charge on any atom is 0.137 e. The summed E-state index contributed by atoms with van der Waals surface area (Å²) in [4.78, 5) is 11.6. The molecule has 1 heteroatoms. The molecule has 3 rings (SSSR count). The van der Waals surface area contributed by atoms with Gasteiger partial charge in [0.15, 0.2) is 0 Å². The Morgan fingerprint density at radius 2 is 1.83 bits per heavy atom. The number of aryl methyl sites for hydroxylation is 1. The van der Waals surface area contributed by atoms with Crippen LogP contribution in [0.2, 0.25) is 0 Å². The zero-order valence-electron chi connectivity index (χ0n) is 10.5. The van der Waals surface area contributed by atoms with E-state index >= 15 is 0 Å². The minimum Gasteiger partial charge on any atom is -0.299 e. The molecule has 0 bridgehead atoms. The molecule has 0 radical (unpaired) electrons. The molecule has 1 aliphatic rings. The van der Waals surface area contributed by atoms with Crippen molar-refractivity contribution >= 4 is 5.78 Å². The van der Waals surface area contributed by atoms with Crippen LogP contribution in [0.5, 0.6) is 0 Å². The van der Waals surface area contributed by atoms with Gasteiger partial charge >= 0.3 is 0 Å². The Bertz CT molecular complexity index is 584. The Hall–Kier alpha value is -1.89. The van der Waals surface area contributed by atoms with E-state index in [1.165, 1.54) is 22.3 Å². The van der Waals surface area contributed by atoms with Crippen LogP contribution in [0.1, 0.15) is 30.4 Å². The molecule has 2 aromatic rings. The van der Waals surface area contributed by atoms with Gasteiger partial charge in [-0.05, 0) is 42.0 Å². The van der Waals surface area contributed by atoms with Crippen molar-refractivity contribution in [3.63, 3.8) is 0 Å². The summed E-state index contributed by atoms with van der Waals surface area (Å²) in [6.07, 6.45) is 2.00. The van der Waals surface area contributed by atoms with E-state index in [9.17, 15) is 4.79 Å². The number of benzene rings is 2. The number of hydrogen-bond acceptors (Lipinski definition) is 1. The number of fused-ring (bicyclic) bond motifs is 1. The molecule has 0 fully saturated rings. The standard InChI is InChI=1S/C17H16O/c1-12(18)16-9-8-15-11-14(7-10-17(15)16)13-5-3-2-4-6-13/h2-7,10-11,16H,8-9H2,1H3/t16-/m1/s1. The van der Waals surface area contributed by atoms with Crippen molar-refractivity contribution in [2.24, 2.45) is 0 Å². The zero-order chi connectivity index (χ0) is 12.5. The molecule has 1 nitrogen and oxygen atoms in total. The third-order valence-electron chi connectivity index (χ3n) is 3.82. The average Bonchev–Trinajstić information content (AvgIpc) is 2.82. The molecule has 1 atom stereocenters. The molecule has 2 aromatic carbocycles. The van der Waals surface area contributed by atoms with Gasteiger partial charge in [0.25, 0.3) is 0 Å². The Morgan fingerprint density at radius 3 is 2.56 bits per heavy atom. The lowest BCUT2D eigenvalue weighted by atomic mass is 9.95. The van der Waals surface area contributed by atoms with E-state index in [0.717, 1.165) is 12.8 Å². The lowest BCUT2D eigenvalue weighted by molar-refractivity contribution is -0.118. The van der Waals surface area contributed by atoms with Crippen LogP contribution < -0.4 is 0 Å². The summed E-state index contributed by atoms with van der Waals surface area (Å²) in [6, 6.07) is 16.9. The normalized spacial score (nSPS) is 17.5. The monoisotopic (exact) mass is 236 g/mol. The largest absolute Gasteiger partial charge is 0.299 e. The van der Waals surface area contributed by atoms with Crippen LogP contribution in [0.15, 0.2) is 48.5 Å². The fourth-order valence-electron chi connectivity index (χ4n) is 2.85. The predicted molar refractivity (Wildman–Crippen MR) is 73.6 cm³/mol. The first-order chi connectivity index (χ1) is 8.75. The topological polar surface area (TPSA) is 17.1 Å². The van der Waals surface area contributed by atoms with Gasteiger partial charge in [-0.25, -0.2) is 0 Å². The number of ketones is 1. The van der Waals surface area contributed by atoms with Crippen LogP contribution in [-0.2, 0) is 11.2 Å². The van der Waals surface area contributed by atoms with Gasteiger partial charge in [0.1, 0.15) is 5.78 Å². The van der Waals surface area contributed by atoms with Gasteiger partial charge in [-0.2, -0.15) is 0 Å². The minimum atomic E-state index is 0.129. The molecule has 90 valence electrons. The van der Waals surface area contributed by atoms with E-state index in [-0.39, 0.29) is 5.92 Å². The summed E-state index contributed by atoms with van der Waals surface area (Å²) >= 11 is 0. The summed E-state index contributed by atoms with van der Waals surface area (Å²) in [6.45, 7) is 1.70. The van der Waals surface area contributed by atoms with Crippen molar-refractivity contribution in [2.75, 3.05) is 0 Å². The van der Waals surface area contributed by atoms with Crippen LogP contribution in [0.3, 0.4) is 0 Å². The highest BCUT2D eigenvalue weighted by atomic mass is 16.1. The summed E-state index contributed by atoms with van der Waals surface area (Å²) in [5.41, 5.74) is 5.07. The Kier molecular flexibility index (Phi) is 2.75. The fourth-order valence-corrected chi connectivity index (χ4v) is 2.85. The maximum atomic E-state index is 11.6.